The van der Waals surface area contributed by atoms with E-state index in [0.717, 1.165) is 39.2 Å². The summed E-state index contributed by atoms with van der Waals surface area (Å²) in [6.07, 6.45) is 1.91. The summed E-state index contributed by atoms with van der Waals surface area (Å²) in [7, 11) is 0. The number of aromatic nitrogens is 3. The number of aryl methyl sites for hydroxylation is 1. The number of benzene rings is 7. The number of hydrogen-bond donors (Lipinski definition) is 0. The van der Waals surface area contributed by atoms with Crippen LogP contribution in [0, 0.1) is 19.0 Å². The zero-order valence-electron chi connectivity index (χ0n) is 44.9. The van der Waals surface area contributed by atoms with Gasteiger partial charge in [-0.2, -0.15) is 11.3 Å². The molecule has 3 heterocycles. The van der Waals surface area contributed by atoms with Gasteiger partial charge in [0.1, 0.15) is 0 Å². The number of nitrogens with zero attached hydrogens (tertiary/aromatic N) is 3. The standard InChI is InChI=1S/C43H39N2S.C18H24GeN.Ir/c1-25(2)34-23-29(43(5,6)7)24-35(26(3)4)40(34)45-38-15-11-10-14-37(38)44-42(45)28-17-21-39-36(22-28)33-20-19-31-30-13-9-8-12-27(30)16-18-32(31)41(33)46-39;1-13(2)16-11-18(15-9-7-14(3)8-10-15)20-12-17(16)19(4,5)6;/h8-16,18-26H,1-7H3;7-9,11-13H,1-6H3;/q2*-1;/i;3D3,13D;. The molecule has 343 valence electrons. The topological polar surface area (TPSA) is 30.7 Å². The molecule has 0 N–H and O–H groups in total. The van der Waals surface area contributed by atoms with Crippen molar-refractivity contribution in [3.63, 3.8) is 0 Å². The molecule has 10 aromatic rings. The minimum Gasteiger partial charge on any atom is 0 e. The van der Waals surface area contributed by atoms with E-state index in [9.17, 15) is 0 Å². The van der Waals surface area contributed by atoms with Gasteiger partial charge in [-0.15, -0.1) is 23.8 Å². The van der Waals surface area contributed by atoms with Gasteiger partial charge in [-0.3, -0.25) is 4.98 Å². The molecule has 67 heavy (non-hydrogen) atoms. The normalized spacial score (nSPS) is 13.5. The van der Waals surface area contributed by atoms with Crippen molar-refractivity contribution in [2.24, 2.45) is 0 Å². The molecule has 0 aliphatic rings. The fourth-order valence-corrected chi connectivity index (χ4v) is 13.8. The molecule has 0 amide bonds. The van der Waals surface area contributed by atoms with Crippen LogP contribution in [-0.2, 0) is 25.5 Å². The van der Waals surface area contributed by atoms with Gasteiger partial charge in [0.2, 0.25) is 0 Å². The first-order valence-electron chi connectivity index (χ1n) is 25.3. The first-order chi connectivity index (χ1) is 32.9. The van der Waals surface area contributed by atoms with Gasteiger partial charge < -0.3 is 4.57 Å². The zero-order valence-corrected chi connectivity index (χ0v) is 46.2. The molecule has 0 bridgehead atoms. The third kappa shape index (κ3) is 9.34. The number of thiophene rings is 1. The van der Waals surface area contributed by atoms with E-state index >= 15 is 0 Å². The van der Waals surface area contributed by atoms with E-state index in [1.165, 1.54) is 74.6 Å². The second kappa shape index (κ2) is 18.9. The molecule has 6 heteroatoms. The van der Waals surface area contributed by atoms with Crippen molar-refractivity contribution < 1.29 is 25.6 Å². The first kappa shape index (κ1) is 43.4. The van der Waals surface area contributed by atoms with Crippen molar-refractivity contribution in [2.45, 2.75) is 110 Å². The predicted octanol–water partition coefficient (Wildman–Crippen LogP) is 17.2. The Hall–Kier alpha value is -4.91. The Morgan fingerprint density at radius 2 is 1.34 bits per heavy atom. The predicted molar refractivity (Wildman–Crippen MR) is 290 cm³/mol. The fourth-order valence-electron chi connectivity index (χ4n) is 9.28. The minimum atomic E-state index is -2.14. The van der Waals surface area contributed by atoms with E-state index in [-0.39, 0.29) is 31.1 Å². The molecule has 0 unspecified atom stereocenters. The maximum Gasteiger partial charge on any atom is 0 e. The zero-order chi connectivity index (χ0) is 50.2. The van der Waals surface area contributed by atoms with E-state index in [2.05, 4.69) is 184 Å². The summed E-state index contributed by atoms with van der Waals surface area (Å²) in [6.45, 7) is 17.9. The Bertz CT molecular complexity index is 3580. The molecular weight excluding hydrogens is 1070 g/mol. The van der Waals surface area contributed by atoms with Crippen LogP contribution in [0.2, 0.25) is 17.3 Å². The van der Waals surface area contributed by atoms with Gasteiger partial charge in [-0.25, -0.2) is 0 Å². The van der Waals surface area contributed by atoms with Crippen molar-refractivity contribution in [3.05, 3.63) is 167 Å². The molecule has 0 fully saturated rings. The summed E-state index contributed by atoms with van der Waals surface area (Å²) in [5.41, 5.74) is 11.3. The monoisotopic (exact) mass is 1140 g/mol. The van der Waals surface area contributed by atoms with Gasteiger partial charge in [0, 0.05) is 30.5 Å². The second-order valence-electron chi connectivity index (χ2n) is 20.7. The van der Waals surface area contributed by atoms with Crippen LogP contribution in [0.4, 0.5) is 0 Å². The number of para-hydroxylation sites is 2. The number of rotatable bonds is 7. The molecule has 0 saturated heterocycles. The van der Waals surface area contributed by atoms with Gasteiger partial charge in [0.25, 0.3) is 0 Å². The summed E-state index contributed by atoms with van der Waals surface area (Å²) in [6, 6.07) is 49.4. The van der Waals surface area contributed by atoms with Gasteiger partial charge in [-0.1, -0.05) is 127 Å². The fraction of sp³-hybridized carbons (Fsp3) is 0.279. The van der Waals surface area contributed by atoms with Crippen LogP contribution in [0.15, 0.2) is 128 Å². The Kier molecular flexibility index (Phi) is 12.2. The van der Waals surface area contributed by atoms with Crippen molar-refractivity contribution >= 4 is 81.7 Å². The van der Waals surface area contributed by atoms with Gasteiger partial charge in [0.15, 0.2) is 0 Å². The average Bonchev–Trinajstić information content (AvgIpc) is 3.88. The molecule has 10 rings (SSSR count). The number of fused-ring (bicyclic) bond motifs is 8. The molecule has 1 radical (unpaired) electrons. The van der Waals surface area contributed by atoms with Crippen LogP contribution >= 0.6 is 11.3 Å². The maximum absolute atomic E-state index is 8.49. The average molecular weight is 1140 g/mol. The first-order valence-corrected chi connectivity index (χ1v) is 31.4. The van der Waals surface area contributed by atoms with Crippen molar-refractivity contribution in [1.82, 2.24) is 14.5 Å². The second-order valence-corrected chi connectivity index (χ2v) is 32.4. The van der Waals surface area contributed by atoms with Crippen LogP contribution in [0.1, 0.15) is 113 Å². The summed E-state index contributed by atoms with van der Waals surface area (Å²) < 4.78 is 37.1. The van der Waals surface area contributed by atoms with Gasteiger partial charge in [-0.05, 0) is 77.7 Å². The Balaban J connectivity index is 0.000000230. The number of hydrogen-bond acceptors (Lipinski definition) is 3. The van der Waals surface area contributed by atoms with Crippen LogP contribution in [0.25, 0.3) is 81.1 Å². The Labute approximate surface area is 424 Å². The molecule has 0 spiro atoms. The molecule has 0 aliphatic heterocycles. The van der Waals surface area contributed by atoms with Crippen LogP contribution < -0.4 is 4.40 Å². The molecule has 3 aromatic heterocycles. The smallest absolute Gasteiger partial charge is 0 e. The molecule has 0 saturated carbocycles. The van der Waals surface area contributed by atoms with Crippen LogP contribution in [0.3, 0.4) is 0 Å². The van der Waals surface area contributed by atoms with Crippen LogP contribution in [0.5, 0.6) is 0 Å². The molecule has 3 nitrogen and oxygen atoms in total. The molecule has 0 aliphatic carbocycles. The molecular formula is C61H63GeIrN3S-2. The number of imidazole rings is 1. The van der Waals surface area contributed by atoms with Gasteiger partial charge >= 0.3 is 131 Å². The quantitative estimate of drug-likeness (QED) is 0.0905. The van der Waals surface area contributed by atoms with Crippen molar-refractivity contribution in [3.8, 4) is 28.3 Å². The summed E-state index contributed by atoms with van der Waals surface area (Å²) >= 11 is -0.273. The summed E-state index contributed by atoms with van der Waals surface area (Å²) in [5, 5.41) is 7.76. The van der Waals surface area contributed by atoms with E-state index in [4.69, 9.17) is 10.5 Å². The summed E-state index contributed by atoms with van der Waals surface area (Å²) in [4.78, 5) is 9.89. The maximum atomic E-state index is 8.49. The van der Waals surface area contributed by atoms with Gasteiger partial charge in [0.05, 0.1) is 16.9 Å². The van der Waals surface area contributed by atoms with Crippen molar-refractivity contribution in [2.75, 3.05) is 0 Å². The minimum absolute atomic E-state index is 0. The van der Waals surface area contributed by atoms with E-state index in [0.29, 0.717) is 11.8 Å². The Morgan fingerprint density at radius 1 is 0.687 bits per heavy atom. The molecule has 7 aromatic carbocycles. The van der Waals surface area contributed by atoms with E-state index in [1.807, 2.05) is 37.4 Å². The van der Waals surface area contributed by atoms with Crippen LogP contribution in [-0.4, -0.2) is 27.8 Å². The van der Waals surface area contributed by atoms with E-state index in [1.54, 1.807) is 12.1 Å². The van der Waals surface area contributed by atoms with E-state index < -0.39 is 26.0 Å². The SMILES string of the molecule is CC(C)c1cc(C(C)(C)C)cc(C(C)C)c1-n1c(-c2[c-]cc3sc4c(ccc5c6ccccc6ccc54)c3c2)nc2ccccc21.[2H]C([2H])([2H])c1c[c-]c(-c2cc(C([2H])(C)C)[c]([Ge]([CH3])([CH3])[CH3])cn2)cc1.[Ir]. The third-order valence-corrected chi connectivity index (χ3v) is 18.4. The number of pyridine rings is 1. The summed E-state index contributed by atoms with van der Waals surface area (Å²) in [5.74, 6) is 7.82. The van der Waals surface area contributed by atoms with Crippen molar-refractivity contribution in [1.29, 1.82) is 0 Å². The molecule has 0 atom stereocenters. The largest absolute Gasteiger partial charge is 0 e. The third-order valence-electron chi connectivity index (χ3n) is 12.9. The Morgan fingerprint density at radius 3 is 2.00 bits per heavy atom.